The van der Waals surface area contributed by atoms with Crippen LogP contribution in [-0.2, 0) is 0 Å². The molecule has 1 aliphatic heterocycles. The van der Waals surface area contributed by atoms with Crippen LogP contribution in [0.5, 0.6) is 0 Å². The van der Waals surface area contributed by atoms with Gasteiger partial charge in [-0.15, -0.1) is 0 Å². The lowest BCUT2D eigenvalue weighted by Crippen LogP contribution is -2.12. The lowest BCUT2D eigenvalue weighted by atomic mass is 10.4. The van der Waals surface area contributed by atoms with E-state index in [1.165, 1.54) is 0 Å². The van der Waals surface area contributed by atoms with Crippen LogP contribution in [0.2, 0.25) is 0 Å². The Morgan fingerprint density at radius 1 is 1.88 bits per heavy atom. The summed E-state index contributed by atoms with van der Waals surface area (Å²) in [4.78, 5) is 5.99. The van der Waals surface area contributed by atoms with E-state index in [1.54, 1.807) is 0 Å². The average Bonchev–Trinajstić information content (AvgIpc) is 1.64. The lowest BCUT2D eigenvalue weighted by Gasteiger charge is -2.04. The van der Waals surface area contributed by atoms with E-state index < -0.39 is 0 Å². The third-order valence-corrected chi connectivity index (χ3v) is 0.983. The van der Waals surface area contributed by atoms with Gasteiger partial charge in [-0.2, -0.15) is 0 Å². The Morgan fingerprint density at radius 3 is 3.00 bits per heavy atom. The standard InChI is InChI=1S/C6H9N2/c1-6-5-8(2)4-3-7-6/h5H,4H2,1-2H3/q+1. The first kappa shape index (κ1) is 5.17. The molecule has 0 fully saturated rings. The van der Waals surface area contributed by atoms with Gasteiger partial charge in [0, 0.05) is 14.0 Å². The van der Waals surface area contributed by atoms with E-state index in [0.717, 1.165) is 12.2 Å². The van der Waals surface area contributed by atoms with Crippen LogP contribution >= 0.6 is 0 Å². The van der Waals surface area contributed by atoms with Crippen LogP contribution in [0.4, 0.5) is 0 Å². The topological polar surface area (TPSA) is 7.60 Å². The van der Waals surface area contributed by atoms with E-state index in [2.05, 4.69) is 10.9 Å². The van der Waals surface area contributed by atoms with Crippen molar-refractivity contribution in [3.63, 3.8) is 0 Å². The van der Waals surface area contributed by atoms with Gasteiger partial charge in [-0.1, -0.05) is 0 Å². The molecular formula is C6H9N2+. The van der Waals surface area contributed by atoms with Crippen molar-refractivity contribution in [1.82, 2.24) is 4.90 Å². The molecule has 0 saturated heterocycles. The molecule has 0 unspecified atom stereocenters. The second kappa shape index (κ2) is 1.87. The highest BCUT2D eigenvalue weighted by Gasteiger charge is 2.05. The number of hydrogen-bond acceptors (Lipinski definition) is 1. The van der Waals surface area contributed by atoms with Gasteiger partial charge in [-0.3, -0.25) is 0 Å². The molecule has 0 aliphatic carbocycles. The van der Waals surface area contributed by atoms with E-state index in [9.17, 15) is 0 Å². The number of nitrogens with zero attached hydrogens (tertiary/aromatic N) is 2. The molecule has 0 N–H and O–H groups in total. The van der Waals surface area contributed by atoms with Crippen molar-refractivity contribution in [2.24, 2.45) is 0 Å². The Bertz CT molecular complexity index is 171. The smallest absolute Gasteiger partial charge is 0.329 e. The molecule has 1 rings (SSSR count). The summed E-state index contributed by atoms with van der Waals surface area (Å²) in [6.45, 7) is 2.78. The van der Waals surface area contributed by atoms with Crippen LogP contribution in [0.3, 0.4) is 0 Å². The molecule has 1 aliphatic rings. The van der Waals surface area contributed by atoms with Gasteiger partial charge in [0.2, 0.25) is 0 Å². The van der Waals surface area contributed by atoms with Gasteiger partial charge in [0.1, 0.15) is 0 Å². The van der Waals surface area contributed by atoms with E-state index in [4.69, 9.17) is 0 Å². The van der Waals surface area contributed by atoms with Crippen molar-refractivity contribution in [1.29, 1.82) is 0 Å². The zero-order valence-corrected chi connectivity index (χ0v) is 5.18. The van der Waals surface area contributed by atoms with Gasteiger partial charge in [0.25, 0.3) is 0 Å². The largest absolute Gasteiger partial charge is 0.358 e. The molecule has 42 valence electrons. The molecule has 2 heteroatoms. The summed E-state index contributed by atoms with van der Waals surface area (Å²) >= 11 is 0. The van der Waals surface area contributed by atoms with Crippen LogP contribution in [0, 0.1) is 6.07 Å². The summed E-state index contributed by atoms with van der Waals surface area (Å²) in [5.74, 6) is 0. The Labute approximate surface area is 49.2 Å². The first-order valence-corrected chi connectivity index (χ1v) is 2.61. The second-order valence-corrected chi connectivity index (χ2v) is 1.96. The predicted molar refractivity (Wildman–Crippen MR) is 33.6 cm³/mol. The van der Waals surface area contributed by atoms with Crippen molar-refractivity contribution in [2.45, 2.75) is 6.92 Å². The molecule has 0 spiro atoms. The highest BCUT2D eigenvalue weighted by atomic mass is 15.1. The average molecular weight is 109 g/mol. The van der Waals surface area contributed by atoms with Crippen molar-refractivity contribution >= 4 is 0 Å². The summed E-state index contributed by atoms with van der Waals surface area (Å²) in [6, 6.07) is 2.87. The van der Waals surface area contributed by atoms with Gasteiger partial charge in [0.15, 0.2) is 6.54 Å². The summed E-state index contributed by atoms with van der Waals surface area (Å²) < 4.78 is 0. The molecule has 0 aromatic carbocycles. The Kier molecular flexibility index (Phi) is 1.21. The Morgan fingerprint density at radius 2 is 2.62 bits per heavy atom. The first-order valence-electron chi connectivity index (χ1n) is 2.61. The summed E-state index contributed by atoms with van der Waals surface area (Å²) in [5, 5.41) is 0. The maximum atomic E-state index is 3.95. The SMILES string of the molecule is CC1=CN(C)CC#[N+]1. The molecule has 8 heavy (non-hydrogen) atoms. The molecule has 0 radical (unpaired) electrons. The molecule has 0 aromatic rings. The third-order valence-electron chi connectivity index (χ3n) is 0.983. The van der Waals surface area contributed by atoms with E-state index in [0.29, 0.717) is 0 Å². The van der Waals surface area contributed by atoms with Gasteiger partial charge >= 0.3 is 11.8 Å². The quantitative estimate of drug-likeness (QED) is 0.423. The van der Waals surface area contributed by atoms with E-state index in [1.807, 2.05) is 25.1 Å². The first-order chi connectivity index (χ1) is 3.79. The van der Waals surface area contributed by atoms with Gasteiger partial charge in [0.05, 0.1) is 6.20 Å². The molecule has 0 saturated carbocycles. The van der Waals surface area contributed by atoms with E-state index in [-0.39, 0.29) is 0 Å². The predicted octanol–water partition coefficient (Wildman–Crippen LogP) is 1.13. The van der Waals surface area contributed by atoms with Crippen molar-refractivity contribution in [3.8, 4) is 6.07 Å². The van der Waals surface area contributed by atoms with Crippen LogP contribution < -0.4 is 0 Å². The zero-order valence-electron chi connectivity index (χ0n) is 5.18. The van der Waals surface area contributed by atoms with Gasteiger partial charge in [-0.25, -0.2) is 0 Å². The maximum absolute atomic E-state index is 3.95. The molecule has 0 bridgehead atoms. The summed E-state index contributed by atoms with van der Waals surface area (Å²) in [6.07, 6.45) is 2.00. The molecule has 0 atom stereocenters. The van der Waals surface area contributed by atoms with Crippen LogP contribution in [0.1, 0.15) is 6.92 Å². The molecular weight excluding hydrogens is 100 g/mol. The molecule has 2 nitrogen and oxygen atoms in total. The van der Waals surface area contributed by atoms with Crippen LogP contribution in [0.25, 0.3) is 4.85 Å². The number of allylic oxidation sites excluding steroid dienone is 1. The zero-order chi connectivity index (χ0) is 5.98. The van der Waals surface area contributed by atoms with Gasteiger partial charge < -0.3 is 4.90 Å². The van der Waals surface area contributed by atoms with Crippen LogP contribution in [0.15, 0.2) is 11.9 Å². The number of hydrogen-bond donors (Lipinski definition) is 0. The Hall–Kier alpha value is -0.970. The van der Waals surface area contributed by atoms with Gasteiger partial charge in [-0.05, 0) is 4.85 Å². The number of rotatable bonds is 0. The molecule has 1 heterocycles. The fraction of sp³-hybridized carbons (Fsp3) is 0.500. The van der Waals surface area contributed by atoms with Crippen molar-refractivity contribution < 1.29 is 0 Å². The fourth-order valence-electron chi connectivity index (χ4n) is 0.665. The monoisotopic (exact) mass is 109 g/mol. The minimum absolute atomic E-state index is 0.817. The van der Waals surface area contributed by atoms with E-state index >= 15 is 0 Å². The minimum Gasteiger partial charge on any atom is -0.358 e. The highest BCUT2D eigenvalue weighted by Crippen LogP contribution is 2.00. The molecule has 0 aromatic heterocycles. The summed E-state index contributed by atoms with van der Waals surface area (Å²) in [7, 11) is 2.01. The third kappa shape index (κ3) is 1.00. The normalized spacial score (nSPS) is 16.8. The van der Waals surface area contributed by atoms with Crippen molar-refractivity contribution in [2.75, 3.05) is 13.6 Å². The summed E-state index contributed by atoms with van der Waals surface area (Å²) in [5.41, 5.74) is 1.03. The lowest BCUT2D eigenvalue weighted by molar-refractivity contribution is 0.509. The fourth-order valence-corrected chi connectivity index (χ4v) is 0.665. The highest BCUT2D eigenvalue weighted by molar-refractivity contribution is 5.16. The maximum Gasteiger partial charge on any atom is 0.329 e. The molecule has 0 amide bonds. The van der Waals surface area contributed by atoms with Crippen LogP contribution in [-0.4, -0.2) is 18.5 Å². The minimum atomic E-state index is 0.817. The Balaban J connectivity index is 2.71. The van der Waals surface area contributed by atoms with Crippen molar-refractivity contribution in [3.05, 3.63) is 16.7 Å². The second-order valence-electron chi connectivity index (χ2n) is 1.96.